The predicted molar refractivity (Wildman–Crippen MR) is 117 cm³/mol. The van der Waals surface area contributed by atoms with E-state index in [0.717, 1.165) is 48.4 Å². The molecule has 7 heteroatoms. The Labute approximate surface area is 177 Å². The number of anilines is 1. The molecule has 5 nitrogen and oxygen atoms in total. The minimum atomic E-state index is -3.50. The summed E-state index contributed by atoms with van der Waals surface area (Å²) in [7, 11) is -3.50. The van der Waals surface area contributed by atoms with Crippen molar-refractivity contribution in [3.05, 3.63) is 54.1 Å². The van der Waals surface area contributed by atoms with E-state index in [9.17, 15) is 13.2 Å². The lowest BCUT2D eigenvalue weighted by Crippen LogP contribution is -2.33. The summed E-state index contributed by atoms with van der Waals surface area (Å²) in [6.07, 6.45) is 4.89. The maximum absolute atomic E-state index is 13.2. The molecular weight excluding hydrogens is 404 g/mol. The van der Waals surface area contributed by atoms with Crippen LogP contribution in [0.1, 0.15) is 42.5 Å². The number of amides is 1. The van der Waals surface area contributed by atoms with Gasteiger partial charge in [0.1, 0.15) is 0 Å². The summed E-state index contributed by atoms with van der Waals surface area (Å²) >= 11 is 1.77. The maximum Gasteiger partial charge on any atom is 0.258 e. The van der Waals surface area contributed by atoms with Gasteiger partial charge in [-0.1, -0.05) is 25.0 Å². The molecule has 4 rings (SSSR count). The molecule has 29 heavy (non-hydrogen) atoms. The van der Waals surface area contributed by atoms with E-state index in [0.29, 0.717) is 25.2 Å². The molecule has 2 aliphatic heterocycles. The summed E-state index contributed by atoms with van der Waals surface area (Å²) in [6, 6.07) is 14.4. The van der Waals surface area contributed by atoms with Gasteiger partial charge in [-0.15, -0.1) is 11.8 Å². The molecule has 0 N–H and O–H groups in total. The highest BCUT2D eigenvalue weighted by Crippen LogP contribution is 2.34. The average molecular weight is 431 g/mol. The smallest absolute Gasteiger partial charge is 0.258 e. The number of sulfonamides is 1. The van der Waals surface area contributed by atoms with Crippen molar-refractivity contribution in [1.29, 1.82) is 0 Å². The van der Waals surface area contributed by atoms with E-state index in [2.05, 4.69) is 0 Å². The zero-order chi connectivity index (χ0) is 20.3. The number of para-hydroxylation sites is 1. The molecule has 0 bridgehead atoms. The fraction of sp³-hybridized carbons (Fsp3) is 0.409. The average Bonchev–Trinajstić information content (AvgIpc) is 3.15. The van der Waals surface area contributed by atoms with Gasteiger partial charge in [-0.3, -0.25) is 4.79 Å². The highest BCUT2D eigenvalue weighted by Gasteiger charge is 2.26. The third-order valence-corrected chi connectivity index (χ3v) is 8.55. The second-order valence-electron chi connectivity index (χ2n) is 7.47. The third kappa shape index (κ3) is 4.37. The lowest BCUT2D eigenvalue weighted by atomic mass is 10.1. The predicted octanol–water partition coefficient (Wildman–Crippen LogP) is 4.39. The number of benzene rings is 2. The summed E-state index contributed by atoms with van der Waals surface area (Å²) < 4.78 is 27.5. The molecule has 2 aromatic rings. The van der Waals surface area contributed by atoms with Crippen LogP contribution in [-0.4, -0.2) is 44.0 Å². The Morgan fingerprint density at radius 3 is 2.24 bits per heavy atom. The first-order valence-corrected chi connectivity index (χ1v) is 12.6. The number of carbonyl (C=O) groups is 1. The topological polar surface area (TPSA) is 57.7 Å². The fourth-order valence-corrected chi connectivity index (χ4v) is 6.41. The second-order valence-corrected chi connectivity index (χ2v) is 10.5. The van der Waals surface area contributed by atoms with Gasteiger partial charge in [-0.05, 0) is 61.4 Å². The van der Waals surface area contributed by atoms with Gasteiger partial charge in [-0.25, -0.2) is 8.42 Å². The number of hydrogen-bond acceptors (Lipinski definition) is 4. The zero-order valence-corrected chi connectivity index (χ0v) is 18.1. The minimum Gasteiger partial charge on any atom is -0.307 e. The van der Waals surface area contributed by atoms with Gasteiger partial charge in [0, 0.05) is 30.1 Å². The van der Waals surface area contributed by atoms with Crippen molar-refractivity contribution in [3.63, 3.8) is 0 Å². The van der Waals surface area contributed by atoms with Crippen molar-refractivity contribution in [2.24, 2.45) is 0 Å². The van der Waals surface area contributed by atoms with Crippen molar-refractivity contribution < 1.29 is 13.2 Å². The van der Waals surface area contributed by atoms with Crippen molar-refractivity contribution in [2.45, 2.75) is 41.9 Å². The molecule has 2 aromatic carbocycles. The highest BCUT2D eigenvalue weighted by atomic mass is 32.2. The van der Waals surface area contributed by atoms with Crippen molar-refractivity contribution in [3.8, 4) is 0 Å². The standard InChI is InChI=1S/C22H26N2O3S2/c25-22(24-16-7-17-28-21-9-4-3-8-20(21)24)18-10-12-19(13-11-18)29(26,27)23-14-5-1-2-6-15-23/h3-4,8-13H,1-2,5-7,14-17H2. The first kappa shape index (κ1) is 20.4. The van der Waals surface area contributed by atoms with Gasteiger partial charge in [0.15, 0.2) is 0 Å². The van der Waals surface area contributed by atoms with E-state index in [1.807, 2.05) is 29.2 Å². The van der Waals surface area contributed by atoms with Gasteiger partial charge in [0.05, 0.1) is 10.6 Å². The SMILES string of the molecule is O=C(c1ccc(S(=O)(=O)N2CCCCCC2)cc1)N1CCCSc2ccccc21. The lowest BCUT2D eigenvalue weighted by Gasteiger charge is -2.23. The Balaban J connectivity index is 1.57. The molecule has 2 aliphatic rings. The van der Waals surface area contributed by atoms with Crippen molar-refractivity contribution >= 4 is 33.4 Å². The number of thioether (sulfide) groups is 1. The molecule has 0 spiro atoms. The molecule has 2 heterocycles. The Bertz CT molecular complexity index is 966. The van der Waals surface area contributed by atoms with Gasteiger partial charge in [-0.2, -0.15) is 4.31 Å². The highest BCUT2D eigenvalue weighted by molar-refractivity contribution is 7.99. The number of rotatable bonds is 3. The monoisotopic (exact) mass is 430 g/mol. The molecule has 0 unspecified atom stereocenters. The molecule has 0 radical (unpaired) electrons. The minimum absolute atomic E-state index is 0.0846. The van der Waals surface area contributed by atoms with E-state index in [1.165, 1.54) is 0 Å². The Morgan fingerprint density at radius 2 is 1.52 bits per heavy atom. The summed E-state index contributed by atoms with van der Waals surface area (Å²) in [5.74, 6) is 0.895. The van der Waals surface area contributed by atoms with Crippen LogP contribution in [0.25, 0.3) is 0 Å². The van der Waals surface area contributed by atoms with Crippen LogP contribution < -0.4 is 4.90 Å². The zero-order valence-electron chi connectivity index (χ0n) is 16.4. The Hall–Kier alpha value is -1.83. The van der Waals surface area contributed by atoms with E-state index < -0.39 is 10.0 Å². The van der Waals surface area contributed by atoms with Crippen LogP contribution in [0.4, 0.5) is 5.69 Å². The maximum atomic E-state index is 13.2. The summed E-state index contributed by atoms with van der Waals surface area (Å²) in [5, 5.41) is 0. The third-order valence-electron chi connectivity index (χ3n) is 5.49. The van der Waals surface area contributed by atoms with Gasteiger partial charge >= 0.3 is 0 Å². The molecule has 154 valence electrons. The first-order valence-electron chi connectivity index (χ1n) is 10.2. The molecule has 1 amide bonds. The molecule has 0 aromatic heterocycles. The van der Waals surface area contributed by atoms with Crippen LogP contribution in [0.3, 0.4) is 0 Å². The summed E-state index contributed by atoms with van der Waals surface area (Å²) in [5.41, 5.74) is 1.45. The van der Waals surface area contributed by atoms with E-state index in [4.69, 9.17) is 0 Å². The second kappa shape index (κ2) is 8.90. The van der Waals surface area contributed by atoms with E-state index in [-0.39, 0.29) is 10.8 Å². The number of fused-ring (bicyclic) bond motifs is 1. The summed E-state index contributed by atoms with van der Waals surface area (Å²) in [4.78, 5) is 16.4. The van der Waals surface area contributed by atoms with Gasteiger partial charge < -0.3 is 4.90 Å². The van der Waals surface area contributed by atoms with Crippen LogP contribution in [-0.2, 0) is 10.0 Å². The van der Waals surface area contributed by atoms with Gasteiger partial charge in [0.2, 0.25) is 10.0 Å². The Kier molecular flexibility index (Phi) is 6.27. The summed E-state index contributed by atoms with van der Waals surface area (Å²) in [6.45, 7) is 1.81. The number of carbonyl (C=O) groups excluding carboxylic acids is 1. The quantitative estimate of drug-likeness (QED) is 0.724. The molecule has 1 fully saturated rings. The molecular formula is C22H26N2O3S2. The van der Waals surface area contributed by atoms with Crippen LogP contribution >= 0.6 is 11.8 Å². The lowest BCUT2D eigenvalue weighted by molar-refractivity contribution is 0.0986. The molecule has 0 saturated carbocycles. The van der Waals surface area contributed by atoms with E-state index >= 15 is 0 Å². The van der Waals surface area contributed by atoms with Crippen LogP contribution in [0, 0.1) is 0 Å². The van der Waals surface area contributed by atoms with E-state index in [1.54, 1.807) is 40.3 Å². The van der Waals surface area contributed by atoms with Crippen LogP contribution in [0.15, 0.2) is 58.3 Å². The molecule has 1 saturated heterocycles. The number of hydrogen-bond donors (Lipinski definition) is 0. The molecule has 0 aliphatic carbocycles. The largest absolute Gasteiger partial charge is 0.307 e. The Morgan fingerprint density at radius 1 is 0.828 bits per heavy atom. The van der Waals surface area contributed by atoms with Crippen molar-refractivity contribution in [1.82, 2.24) is 4.31 Å². The van der Waals surface area contributed by atoms with Crippen LogP contribution in [0.5, 0.6) is 0 Å². The normalized spacial score (nSPS) is 18.6. The fourth-order valence-electron chi connectivity index (χ4n) is 3.89. The van der Waals surface area contributed by atoms with Gasteiger partial charge in [0.25, 0.3) is 5.91 Å². The number of nitrogens with zero attached hydrogens (tertiary/aromatic N) is 2. The first-order chi connectivity index (χ1) is 14.1. The van der Waals surface area contributed by atoms with Crippen LogP contribution in [0.2, 0.25) is 0 Å². The van der Waals surface area contributed by atoms with Crippen molar-refractivity contribution in [2.75, 3.05) is 30.3 Å². The molecule has 0 atom stereocenters.